The van der Waals surface area contributed by atoms with Crippen LogP contribution < -0.4 is 0 Å². The second-order valence-corrected chi connectivity index (χ2v) is 9.40. The second-order valence-electron chi connectivity index (χ2n) is 9.40. The summed E-state index contributed by atoms with van der Waals surface area (Å²) in [5.74, 6) is 1.17. The van der Waals surface area contributed by atoms with E-state index in [-0.39, 0.29) is 23.1 Å². The van der Waals surface area contributed by atoms with Gasteiger partial charge in [-0.05, 0) is 73.0 Å². The Labute approximate surface area is 186 Å². The summed E-state index contributed by atoms with van der Waals surface area (Å²) in [4.78, 5) is 17.0. The number of likely N-dealkylation sites (N-methyl/N-ethyl adjacent to an activating group) is 1. The van der Waals surface area contributed by atoms with Crippen LogP contribution in [0, 0.1) is 5.92 Å². The van der Waals surface area contributed by atoms with Crippen LogP contribution in [-0.4, -0.2) is 58.6 Å². The van der Waals surface area contributed by atoms with Crippen molar-refractivity contribution in [2.45, 2.75) is 51.5 Å². The molecule has 5 nitrogen and oxygen atoms in total. The summed E-state index contributed by atoms with van der Waals surface area (Å²) in [6, 6.07) is 14.9. The number of likely N-dealkylation sites (tertiary alicyclic amines) is 1. The Kier molecular flexibility index (Phi) is 7.26. The number of rotatable bonds is 7. The molecule has 1 amide bonds. The highest BCUT2D eigenvalue weighted by Crippen LogP contribution is 2.40. The van der Waals surface area contributed by atoms with E-state index >= 15 is 0 Å². The fraction of sp³-hybridized carbons (Fsp3) is 0.500. The molecule has 0 spiro atoms. The number of phenols is 2. The highest BCUT2D eigenvalue weighted by molar-refractivity contribution is 5.76. The normalized spacial score (nSPS) is 22.8. The number of aromatic hydroxyl groups is 2. The van der Waals surface area contributed by atoms with Gasteiger partial charge in [0.15, 0.2) is 0 Å². The number of hydrogen-bond acceptors (Lipinski definition) is 4. The zero-order chi connectivity index (χ0) is 22.6. The third-order valence-corrected chi connectivity index (χ3v) is 7.21. The van der Waals surface area contributed by atoms with Gasteiger partial charge < -0.3 is 20.0 Å². The van der Waals surface area contributed by atoms with E-state index in [0.29, 0.717) is 24.5 Å². The van der Waals surface area contributed by atoms with Gasteiger partial charge in [0.25, 0.3) is 0 Å². The van der Waals surface area contributed by atoms with Gasteiger partial charge in [-0.25, -0.2) is 0 Å². The maximum Gasteiger partial charge on any atom is 0.222 e. The quantitative estimate of drug-likeness (QED) is 0.700. The molecule has 168 valence electrons. The number of aryl methyl sites for hydroxylation is 1. The minimum atomic E-state index is 0.0459. The van der Waals surface area contributed by atoms with E-state index in [1.165, 1.54) is 5.56 Å². The molecule has 0 saturated carbocycles. The predicted molar refractivity (Wildman–Crippen MR) is 124 cm³/mol. The zero-order valence-electron chi connectivity index (χ0n) is 19.2. The molecule has 31 heavy (non-hydrogen) atoms. The predicted octanol–water partition coefficient (Wildman–Crippen LogP) is 4.18. The number of carbonyl (C=O) groups is 1. The van der Waals surface area contributed by atoms with Gasteiger partial charge in [-0.1, -0.05) is 38.1 Å². The van der Waals surface area contributed by atoms with Crippen LogP contribution in [0.15, 0.2) is 48.5 Å². The van der Waals surface area contributed by atoms with Gasteiger partial charge in [0.1, 0.15) is 11.5 Å². The van der Waals surface area contributed by atoms with E-state index < -0.39 is 0 Å². The standard InChI is InChI=1S/C26H36N2O3/c1-19-17-28(15-14-26(19,3)22-6-5-7-24(30)16-22)18-20(2)27(4)25(31)13-10-21-8-11-23(29)12-9-21/h5-9,11-12,16,19-20,29-30H,10,13-15,17-18H2,1-4H3/t19-,20?,26+/m0/s1. The van der Waals surface area contributed by atoms with Crippen LogP contribution in [0.2, 0.25) is 0 Å². The summed E-state index contributed by atoms with van der Waals surface area (Å²) >= 11 is 0. The number of nitrogens with zero attached hydrogens (tertiary/aromatic N) is 2. The van der Waals surface area contributed by atoms with E-state index in [9.17, 15) is 15.0 Å². The number of piperidine rings is 1. The minimum Gasteiger partial charge on any atom is -0.508 e. The third kappa shape index (κ3) is 5.59. The third-order valence-electron chi connectivity index (χ3n) is 7.21. The molecule has 5 heteroatoms. The van der Waals surface area contributed by atoms with Crippen molar-refractivity contribution < 1.29 is 15.0 Å². The van der Waals surface area contributed by atoms with Crippen molar-refractivity contribution in [3.63, 3.8) is 0 Å². The SMILES string of the molecule is CC(CN1CC[C@@](C)(c2cccc(O)c2)[C@@H](C)C1)N(C)C(=O)CCc1ccc(O)cc1. The maximum absolute atomic E-state index is 12.7. The Balaban J connectivity index is 1.51. The van der Waals surface area contributed by atoms with Crippen molar-refractivity contribution in [1.82, 2.24) is 9.80 Å². The zero-order valence-corrected chi connectivity index (χ0v) is 19.2. The van der Waals surface area contributed by atoms with Crippen LogP contribution in [0.1, 0.15) is 44.7 Å². The molecular formula is C26H36N2O3. The average molecular weight is 425 g/mol. The van der Waals surface area contributed by atoms with E-state index in [1.807, 2.05) is 36.2 Å². The van der Waals surface area contributed by atoms with Crippen LogP contribution >= 0.6 is 0 Å². The van der Waals surface area contributed by atoms with Crippen LogP contribution in [-0.2, 0) is 16.6 Å². The lowest BCUT2D eigenvalue weighted by atomic mass is 9.68. The molecule has 1 fully saturated rings. The van der Waals surface area contributed by atoms with Crippen molar-refractivity contribution in [1.29, 1.82) is 0 Å². The van der Waals surface area contributed by atoms with Gasteiger partial charge in [0.05, 0.1) is 0 Å². The highest BCUT2D eigenvalue weighted by atomic mass is 16.3. The first-order chi connectivity index (χ1) is 14.7. The first kappa shape index (κ1) is 23.1. The Morgan fingerprint density at radius 2 is 1.90 bits per heavy atom. The number of benzene rings is 2. The summed E-state index contributed by atoms with van der Waals surface area (Å²) in [6.45, 7) is 9.52. The molecule has 2 aromatic rings. The first-order valence-corrected chi connectivity index (χ1v) is 11.2. The molecule has 0 aromatic heterocycles. The molecule has 1 aliphatic rings. The van der Waals surface area contributed by atoms with Gasteiger partial charge in [-0.15, -0.1) is 0 Å². The smallest absolute Gasteiger partial charge is 0.222 e. The van der Waals surface area contributed by atoms with Crippen LogP contribution in [0.5, 0.6) is 11.5 Å². The lowest BCUT2D eigenvalue weighted by Crippen LogP contribution is -2.51. The molecule has 3 rings (SSSR count). The number of amides is 1. The molecule has 3 atom stereocenters. The molecule has 1 aliphatic heterocycles. The van der Waals surface area contributed by atoms with E-state index in [2.05, 4.69) is 31.7 Å². The van der Waals surface area contributed by atoms with E-state index in [0.717, 1.165) is 31.6 Å². The number of hydrogen-bond donors (Lipinski definition) is 2. The van der Waals surface area contributed by atoms with Crippen molar-refractivity contribution in [2.75, 3.05) is 26.7 Å². The average Bonchev–Trinajstić information content (AvgIpc) is 2.75. The van der Waals surface area contributed by atoms with E-state index in [4.69, 9.17) is 0 Å². The molecule has 0 aliphatic carbocycles. The largest absolute Gasteiger partial charge is 0.508 e. The summed E-state index contributed by atoms with van der Waals surface area (Å²) in [7, 11) is 1.90. The monoisotopic (exact) mass is 424 g/mol. The molecule has 0 radical (unpaired) electrons. The number of phenolic OH excluding ortho intramolecular Hbond substituents is 2. The summed E-state index contributed by atoms with van der Waals surface area (Å²) < 4.78 is 0. The molecule has 0 bridgehead atoms. The molecule has 2 N–H and O–H groups in total. The second kappa shape index (κ2) is 9.73. The Morgan fingerprint density at radius 1 is 1.19 bits per heavy atom. The van der Waals surface area contributed by atoms with Crippen LogP contribution in [0.3, 0.4) is 0 Å². The van der Waals surface area contributed by atoms with Crippen molar-refractivity contribution in [2.24, 2.45) is 5.92 Å². The lowest BCUT2D eigenvalue weighted by molar-refractivity contribution is -0.132. The lowest BCUT2D eigenvalue weighted by Gasteiger charge is -2.46. The fourth-order valence-corrected chi connectivity index (χ4v) is 4.60. The summed E-state index contributed by atoms with van der Waals surface area (Å²) in [5, 5.41) is 19.3. The fourth-order valence-electron chi connectivity index (χ4n) is 4.60. The molecule has 2 aromatic carbocycles. The van der Waals surface area contributed by atoms with Crippen LogP contribution in [0.25, 0.3) is 0 Å². The maximum atomic E-state index is 12.7. The number of carbonyl (C=O) groups excluding carboxylic acids is 1. The van der Waals surface area contributed by atoms with Crippen molar-refractivity contribution >= 4 is 5.91 Å². The Bertz CT molecular complexity index is 882. The molecule has 1 saturated heterocycles. The van der Waals surface area contributed by atoms with Crippen molar-refractivity contribution in [3.8, 4) is 11.5 Å². The van der Waals surface area contributed by atoms with Crippen molar-refractivity contribution in [3.05, 3.63) is 59.7 Å². The Hall–Kier alpha value is -2.53. The Morgan fingerprint density at radius 3 is 2.55 bits per heavy atom. The first-order valence-electron chi connectivity index (χ1n) is 11.2. The van der Waals surface area contributed by atoms with Gasteiger partial charge in [-0.3, -0.25) is 4.79 Å². The molecular weight excluding hydrogens is 388 g/mol. The van der Waals surface area contributed by atoms with Gasteiger partial charge >= 0.3 is 0 Å². The van der Waals surface area contributed by atoms with Gasteiger partial charge in [0.2, 0.25) is 5.91 Å². The van der Waals surface area contributed by atoms with Gasteiger partial charge in [0, 0.05) is 32.6 Å². The van der Waals surface area contributed by atoms with E-state index in [1.54, 1.807) is 18.2 Å². The van der Waals surface area contributed by atoms with Gasteiger partial charge in [-0.2, -0.15) is 0 Å². The molecule has 1 unspecified atom stereocenters. The summed E-state index contributed by atoms with van der Waals surface area (Å²) in [5.41, 5.74) is 2.31. The summed E-state index contributed by atoms with van der Waals surface area (Å²) in [6.07, 6.45) is 2.18. The minimum absolute atomic E-state index is 0.0459. The highest BCUT2D eigenvalue weighted by Gasteiger charge is 2.38. The topological polar surface area (TPSA) is 64.0 Å². The molecule has 1 heterocycles. The van der Waals surface area contributed by atoms with Crippen LogP contribution in [0.4, 0.5) is 0 Å².